The molecule has 24 heavy (non-hydrogen) atoms. The fraction of sp³-hybridized carbons (Fsp3) is 0.625. The van der Waals surface area contributed by atoms with E-state index in [1.165, 1.54) is 13.3 Å². The summed E-state index contributed by atoms with van der Waals surface area (Å²) in [6.07, 6.45) is 1.88. The Morgan fingerprint density at radius 2 is 1.92 bits per heavy atom. The Bertz CT molecular complexity index is 622. The molecule has 2 rings (SSSR count). The van der Waals surface area contributed by atoms with Gasteiger partial charge in [-0.25, -0.2) is 14.8 Å². The Labute approximate surface area is 146 Å². The number of carbonyl (C=O) groups is 2. The third-order valence-corrected chi connectivity index (χ3v) is 4.14. The van der Waals surface area contributed by atoms with E-state index in [4.69, 9.17) is 21.1 Å². The van der Waals surface area contributed by atoms with Crippen LogP contribution in [0.25, 0.3) is 0 Å². The van der Waals surface area contributed by atoms with Crippen molar-refractivity contribution in [2.45, 2.75) is 44.6 Å². The van der Waals surface area contributed by atoms with Gasteiger partial charge in [0.15, 0.2) is 0 Å². The number of ether oxygens (including phenoxy) is 2. The molecular weight excluding hydrogens is 334 g/mol. The Kier molecular flexibility index (Phi) is 5.32. The first-order chi connectivity index (χ1) is 11.2. The summed E-state index contributed by atoms with van der Waals surface area (Å²) < 4.78 is 10.4. The lowest BCUT2D eigenvalue weighted by atomic mass is 9.75. The van der Waals surface area contributed by atoms with Crippen LogP contribution in [0.3, 0.4) is 0 Å². The van der Waals surface area contributed by atoms with Crippen molar-refractivity contribution >= 4 is 23.7 Å². The van der Waals surface area contributed by atoms with E-state index in [-0.39, 0.29) is 17.3 Å². The summed E-state index contributed by atoms with van der Waals surface area (Å²) in [6, 6.07) is 1.66. The Balaban J connectivity index is 2.20. The molecule has 0 radical (unpaired) electrons. The molecule has 7 nitrogen and oxygen atoms in total. The molecule has 1 aliphatic heterocycles. The van der Waals surface area contributed by atoms with Gasteiger partial charge in [-0.2, -0.15) is 0 Å². The van der Waals surface area contributed by atoms with Gasteiger partial charge in [-0.15, -0.1) is 0 Å². The highest BCUT2D eigenvalue weighted by molar-refractivity contribution is 6.28. The van der Waals surface area contributed by atoms with E-state index in [0.29, 0.717) is 31.6 Å². The summed E-state index contributed by atoms with van der Waals surface area (Å²) in [6.45, 7) is 6.18. The normalized spacial score (nSPS) is 17.3. The maximum absolute atomic E-state index is 12.4. The summed E-state index contributed by atoms with van der Waals surface area (Å²) in [7, 11) is 1.34. The second-order valence-electron chi connectivity index (χ2n) is 6.75. The molecule has 0 spiro atoms. The van der Waals surface area contributed by atoms with E-state index in [9.17, 15) is 9.59 Å². The molecule has 1 saturated heterocycles. The summed E-state index contributed by atoms with van der Waals surface area (Å²) in [5.74, 6) is -0.388. The quantitative estimate of drug-likeness (QED) is 0.599. The van der Waals surface area contributed by atoms with Crippen molar-refractivity contribution in [3.05, 3.63) is 23.2 Å². The third kappa shape index (κ3) is 3.95. The minimum Gasteiger partial charge on any atom is -0.468 e. The van der Waals surface area contributed by atoms with Crippen molar-refractivity contribution < 1.29 is 19.1 Å². The van der Waals surface area contributed by atoms with Gasteiger partial charge in [-0.1, -0.05) is 0 Å². The number of hydrogen-bond donors (Lipinski definition) is 0. The molecule has 8 heteroatoms. The van der Waals surface area contributed by atoms with Crippen molar-refractivity contribution in [1.82, 2.24) is 14.9 Å². The van der Waals surface area contributed by atoms with Crippen LogP contribution < -0.4 is 0 Å². The topological polar surface area (TPSA) is 81.6 Å². The lowest BCUT2D eigenvalue weighted by molar-refractivity contribution is -0.150. The van der Waals surface area contributed by atoms with Gasteiger partial charge in [-0.3, -0.25) is 4.79 Å². The average molecular weight is 356 g/mol. The van der Waals surface area contributed by atoms with Crippen LogP contribution >= 0.6 is 11.6 Å². The lowest BCUT2D eigenvalue weighted by Gasteiger charge is -2.39. The monoisotopic (exact) mass is 355 g/mol. The zero-order valence-electron chi connectivity index (χ0n) is 14.3. The molecule has 0 aliphatic carbocycles. The molecule has 0 N–H and O–H groups in total. The van der Waals surface area contributed by atoms with Gasteiger partial charge in [0.25, 0.3) is 0 Å². The molecule has 0 bridgehead atoms. The fourth-order valence-electron chi connectivity index (χ4n) is 2.76. The molecule has 0 unspecified atom stereocenters. The van der Waals surface area contributed by atoms with Crippen molar-refractivity contribution in [3.8, 4) is 0 Å². The standard InChI is InChI=1S/C16H22ClN3O4/c1-15(2,3)24-14(22)20-9-6-16(7-10-20,12(21)23-4)11-5-8-18-13(17)19-11/h5,8H,6-7,9-10H2,1-4H3. The first kappa shape index (κ1) is 18.4. The number of amides is 1. The SMILES string of the molecule is COC(=O)C1(c2ccnc(Cl)n2)CCN(C(=O)OC(C)(C)C)CC1. The van der Waals surface area contributed by atoms with Crippen molar-refractivity contribution in [2.75, 3.05) is 20.2 Å². The Hall–Kier alpha value is -1.89. The van der Waals surface area contributed by atoms with Crippen LogP contribution in [0.5, 0.6) is 0 Å². The molecule has 1 aliphatic rings. The second kappa shape index (κ2) is 6.93. The summed E-state index contributed by atoms with van der Waals surface area (Å²) in [5.41, 5.74) is -0.980. The number of methoxy groups -OCH3 is 1. The number of hydrogen-bond acceptors (Lipinski definition) is 6. The molecule has 1 amide bonds. The lowest BCUT2D eigenvalue weighted by Crippen LogP contribution is -2.50. The highest BCUT2D eigenvalue weighted by Gasteiger charge is 2.46. The smallest absolute Gasteiger partial charge is 0.410 e. The van der Waals surface area contributed by atoms with E-state index in [0.717, 1.165) is 0 Å². The number of aromatic nitrogens is 2. The third-order valence-electron chi connectivity index (χ3n) is 3.96. The van der Waals surface area contributed by atoms with Gasteiger partial charge >= 0.3 is 12.1 Å². The zero-order chi connectivity index (χ0) is 18.0. The highest BCUT2D eigenvalue weighted by Crippen LogP contribution is 2.36. The predicted molar refractivity (Wildman–Crippen MR) is 87.8 cm³/mol. The van der Waals surface area contributed by atoms with E-state index in [1.54, 1.807) is 11.0 Å². The molecule has 1 fully saturated rings. The van der Waals surface area contributed by atoms with E-state index < -0.39 is 11.0 Å². The Morgan fingerprint density at radius 1 is 1.29 bits per heavy atom. The van der Waals surface area contributed by atoms with Gasteiger partial charge in [0, 0.05) is 19.3 Å². The number of nitrogens with zero attached hydrogens (tertiary/aromatic N) is 3. The highest BCUT2D eigenvalue weighted by atomic mass is 35.5. The maximum Gasteiger partial charge on any atom is 0.410 e. The number of piperidine rings is 1. The van der Waals surface area contributed by atoms with Crippen LogP contribution in [0.15, 0.2) is 12.3 Å². The second-order valence-corrected chi connectivity index (χ2v) is 7.09. The number of esters is 1. The van der Waals surface area contributed by atoms with E-state index in [2.05, 4.69) is 9.97 Å². The number of likely N-dealkylation sites (tertiary alicyclic amines) is 1. The first-order valence-electron chi connectivity index (χ1n) is 7.73. The molecular formula is C16H22ClN3O4. The molecule has 1 aromatic heterocycles. The first-order valence-corrected chi connectivity index (χ1v) is 8.11. The number of carbonyl (C=O) groups excluding carboxylic acids is 2. The molecule has 1 aromatic rings. The van der Waals surface area contributed by atoms with Gasteiger partial charge in [0.2, 0.25) is 5.28 Å². The summed E-state index contributed by atoms with van der Waals surface area (Å²) in [4.78, 5) is 34.3. The number of rotatable bonds is 2. The van der Waals surface area contributed by atoms with Crippen molar-refractivity contribution in [1.29, 1.82) is 0 Å². The average Bonchev–Trinajstić information content (AvgIpc) is 2.52. The molecule has 0 aromatic carbocycles. The van der Waals surface area contributed by atoms with Crippen LogP contribution in [0, 0.1) is 0 Å². The van der Waals surface area contributed by atoms with Gasteiger partial charge in [0.1, 0.15) is 11.0 Å². The van der Waals surface area contributed by atoms with Crippen LogP contribution in [-0.2, 0) is 19.7 Å². The van der Waals surface area contributed by atoms with Crippen LogP contribution in [0.1, 0.15) is 39.3 Å². The van der Waals surface area contributed by atoms with E-state index in [1.807, 2.05) is 20.8 Å². The maximum atomic E-state index is 12.4. The van der Waals surface area contributed by atoms with Crippen LogP contribution in [0.2, 0.25) is 5.28 Å². The molecule has 2 heterocycles. The Morgan fingerprint density at radius 3 is 2.42 bits per heavy atom. The minimum atomic E-state index is -0.931. The van der Waals surface area contributed by atoms with Crippen LogP contribution in [-0.4, -0.2) is 52.7 Å². The van der Waals surface area contributed by atoms with E-state index >= 15 is 0 Å². The van der Waals surface area contributed by atoms with Gasteiger partial charge < -0.3 is 14.4 Å². The number of halogens is 1. The molecule has 0 saturated carbocycles. The fourth-order valence-corrected chi connectivity index (χ4v) is 2.91. The van der Waals surface area contributed by atoms with Crippen LogP contribution in [0.4, 0.5) is 4.79 Å². The minimum absolute atomic E-state index is 0.0744. The van der Waals surface area contributed by atoms with Crippen molar-refractivity contribution in [3.63, 3.8) is 0 Å². The largest absolute Gasteiger partial charge is 0.468 e. The zero-order valence-corrected chi connectivity index (χ0v) is 15.1. The van der Waals surface area contributed by atoms with Crippen molar-refractivity contribution in [2.24, 2.45) is 0 Å². The molecule has 132 valence electrons. The van der Waals surface area contributed by atoms with Gasteiger partial charge in [-0.05, 0) is 51.3 Å². The predicted octanol–water partition coefficient (Wildman–Crippen LogP) is 2.57. The van der Waals surface area contributed by atoms with Gasteiger partial charge in [0.05, 0.1) is 12.8 Å². The summed E-state index contributed by atoms with van der Waals surface area (Å²) >= 11 is 5.87. The summed E-state index contributed by atoms with van der Waals surface area (Å²) in [5, 5.41) is 0.0744. The molecule has 0 atom stereocenters.